The molecule has 0 aliphatic rings. The first-order valence-corrected chi connectivity index (χ1v) is 8.29. The molecule has 0 aliphatic carbocycles. The molecule has 0 saturated heterocycles. The number of anilines is 1. The van der Waals surface area contributed by atoms with Crippen molar-refractivity contribution < 1.29 is 4.39 Å². The SMILES string of the molecule is CC[C@@H](NC(=S)Nc1ccc(Br)cc1F)c1ccccc1C. The first kappa shape index (κ1) is 16.9. The van der Waals surface area contributed by atoms with Gasteiger partial charge in [0.2, 0.25) is 0 Å². The summed E-state index contributed by atoms with van der Waals surface area (Å²) in [5.74, 6) is -0.345. The molecule has 0 heterocycles. The smallest absolute Gasteiger partial charge is 0.171 e. The van der Waals surface area contributed by atoms with Gasteiger partial charge < -0.3 is 10.6 Å². The fourth-order valence-corrected chi connectivity index (χ4v) is 2.87. The van der Waals surface area contributed by atoms with Gasteiger partial charge in [-0.3, -0.25) is 0 Å². The molecule has 2 aromatic rings. The van der Waals surface area contributed by atoms with E-state index < -0.39 is 0 Å². The minimum absolute atomic E-state index is 0.0970. The summed E-state index contributed by atoms with van der Waals surface area (Å²) in [5, 5.41) is 6.59. The van der Waals surface area contributed by atoms with Crippen LogP contribution in [0.1, 0.15) is 30.5 Å². The fraction of sp³-hybridized carbons (Fsp3) is 0.235. The molecule has 2 aromatic carbocycles. The zero-order valence-electron chi connectivity index (χ0n) is 12.5. The molecule has 0 bridgehead atoms. The van der Waals surface area contributed by atoms with Crippen LogP contribution in [0.3, 0.4) is 0 Å². The maximum atomic E-state index is 13.8. The Labute approximate surface area is 144 Å². The molecule has 1 atom stereocenters. The Bertz CT molecular complexity index is 675. The number of halogens is 2. The Morgan fingerprint density at radius 2 is 2.00 bits per heavy atom. The third-order valence-corrected chi connectivity index (χ3v) is 4.17. The molecule has 22 heavy (non-hydrogen) atoms. The van der Waals surface area contributed by atoms with Crippen molar-refractivity contribution in [2.45, 2.75) is 26.3 Å². The summed E-state index contributed by atoms with van der Waals surface area (Å²) in [5.41, 5.74) is 2.77. The zero-order chi connectivity index (χ0) is 16.1. The van der Waals surface area contributed by atoms with Gasteiger partial charge in [-0.05, 0) is 54.9 Å². The Balaban J connectivity index is 2.08. The Hall–Kier alpha value is -1.46. The molecule has 0 spiro atoms. The average Bonchev–Trinajstić information content (AvgIpc) is 2.48. The van der Waals surface area contributed by atoms with Crippen LogP contribution in [0.25, 0.3) is 0 Å². The number of nitrogens with one attached hydrogen (secondary N) is 2. The van der Waals surface area contributed by atoms with Crippen molar-refractivity contribution in [1.82, 2.24) is 5.32 Å². The van der Waals surface area contributed by atoms with E-state index in [0.717, 1.165) is 6.42 Å². The van der Waals surface area contributed by atoms with Gasteiger partial charge in [0.25, 0.3) is 0 Å². The average molecular weight is 381 g/mol. The minimum atomic E-state index is -0.345. The lowest BCUT2D eigenvalue weighted by Gasteiger charge is -2.21. The molecule has 2 N–H and O–H groups in total. The van der Waals surface area contributed by atoms with Gasteiger partial charge in [0.05, 0.1) is 11.7 Å². The van der Waals surface area contributed by atoms with Crippen molar-refractivity contribution >= 4 is 38.9 Å². The van der Waals surface area contributed by atoms with E-state index in [9.17, 15) is 4.39 Å². The lowest BCUT2D eigenvalue weighted by atomic mass is 10.00. The number of rotatable bonds is 4. The fourth-order valence-electron chi connectivity index (χ4n) is 2.28. The van der Waals surface area contributed by atoms with E-state index in [2.05, 4.69) is 52.5 Å². The monoisotopic (exact) mass is 380 g/mol. The molecule has 2 nitrogen and oxygen atoms in total. The van der Waals surface area contributed by atoms with Crippen LogP contribution < -0.4 is 10.6 Å². The van der Waals surface area contributed by atoms with Crippen molar-refractivity contribution in [1.29, 1.82) is 0 Å². The minimum Gasteiger partial charge on any atom is -0.356 e. The zero-order valence-corrected chi connectivity index (χ0v) is 14.9. The molecule has 0 saturated carbocycles. The molecule has 0 unspecified atom stereocenters. The van der Waals surface area contributed by atoms with Crippen LogP contribution in [0.2, 0.25) is 0 Å². The predicted molar refractivity (Wildman–Crippen MR) is 97.7 cm³/mol. The van der Waals surface area contributed by atoms with Crippen LogP contribution in [0.5, 0.6) is 0 Å². The highest BCUT2D eigenvalue weighted by Crippen LogP contribution is 2.22. The van der Waals surface area contributed by atoms with Crippen molar-refractivity contribution in [3.63, 3.8) is 0 Å². The summed E-state index contributed by atoms with van der Waals surface area (Å²) in [6, 6.07) is 13.1. The van der Waals surface area contributed by atoms with Gasteiger partial charge in [0, 0.05) is 4.47 Å². The first-order valence-electron chi connectivity index (χ1n) is 7.09. The van der Waals surface area contributed by atoms with Crippen molar-refractivity contribution in [2.75, 3.05) is 5.32 Å². The molecule has 116 valence electrons. The van der Waals surface area contributed by atoms with Crippen LogP contribution in [0, 0.1) is 12.7 Å². The molecule has 0 radical (unpaired) electrons. The summed E-state index contributed by atoms with van der Waals surface area (Å²) in [4.78, 5) is 0. The van der Waals surface area contributed by atoms with Gasteiger partial charge in [0.1, 0.15) is 5.82 Å². The Kier molecular flexibility index (Phi) is 5.91. The number of aryl methyl sites for hydroxylation is 1. The highest BCUT2D eigenvalue weighted by molar-refractivity contribution is 9.10. The van der Waals surface area contributed by atoms with Crippen LogP contribution in [0.15, 0.2) is 46.9 Å². The van der Waals surface area contributed by atoms with E-state index in [1.807, 2.05) is 12.1 Å². The van der Waals surface area contributed by atoms with Gasteiger partial charge in [-0.25, -0.2) is 4.39 Å². The summed E-state index contributed by atoms with van der Waals surface area (Å²) in [6.45, 7) is 4.16. The van der Waals surface area contributed by atoms with Crippen LogP contribution >= 0.6 is 28.1 Å². The lowest BCUT2D eigenvalue weighted by molar-refractivity contribution is 0.621. The standard InChI is InChI=1S/C17H18BrFN2S/c1-3-15(13-7-5-4-6-11(13)2)20-17(22)21-16-9-8-12(18)10-14(16)19/h4-10,15H,3H2,1-2H3,(H2,20,21,22)/t15-/m1/s1. The largest absolute Gasteiger partial charge is 0.356 e. The third-order valence-electron chi connectivity index (χ3n) is 3.46. The lowest BCUT2D eigenvalue weighted by Crippen LogP contribution is -2.32. The second-order valence-electron chi connectivity index (χ2n) is 5.04. The summed E-state index contributed by atoms with van der Waals surface area (Å²) in [7, 11) is 0. The number of benzene rings is 2. The normalized spacial score (nSPS) is 11.8. The van der Waals surface area contributed by atoms with E-state index in [4.69, 9.17) is 12.2 Å². The van der Waals surface area contributed by atoms with Crippen molar-refractivity contribution in [3.8, 4) is 0 Å². The van der Waals surface area contributed by atoms with Crippen LogP contribution in [-0.2, 0) is 0 Å². The van der Waals surface area contributed by atoms with E-state index in [0.29, 0.717) is 15.3 Å². The molecule has 0 amide bonds. The highest BCUT2D eigenvalue weighted by atomic mass is 79.9. The maximum Gasteiger partial charge on any atom is 0.171 e. The molecule has 0 aromatic heterocycles. The van der Waals surface area contributed by atoms with Gasteiger partial charge in [0.15, 0.2) is 5.11 Å². The number of hydrogen-bond donors (Lipinski definition) is 2. The molecule has 0 aliphatic heterocycles. The Morgan fingerprint density at radius 1 is 1.27 bits per heavy atom. The van der Waals surface area contributed by atoms with Crippen LogP contribution in [-0.4, -0.2) is 5.11 Å². The molecule has 0 fully saturated rings. The van der Waals surface area contributed by atoms with E-state index in [-0.39, 0.29) is 11.9 Å². The second kappa shape index (κ2) is 7.70. The Morgan fingerprint density at radius 3 is 2.64 bits per heavy atom. The molecule has 5 heteroatoms. The molecule has 2 rings (SSSR count). The number of thiocarbonyl (C=S) groups is 1. The van der Waals surface area contributed by atoms with E-state index in [1.165, 1.54) is 17.2 Å². The van der Waals surface area contributed by atoms with Crippen LogP contribution in [0.4, 0.5) is 10.1 Å². The summed E-state index contributed by atoms with van der Waals surface area (Å²) < 4.78 is 14.5. The summed E-state index contributed by atoms with van der Waals surface area (Å²) >= 11 is 8.55. The van der Waals surface area contributed by atoms with Gasteiger partial charge in [-0.2, -0.15) is 0 Å². The topological polar surface area (TPSA) is 24.1 Å². The van der Waals surface area contributed by atoms with Gasteiger partial charge in [-0.1, -0.05) is 47.1 Å². The third kappa shape index (κ3) is 4.27. The molecular formula is C17H18BrFN2S. The quantitative estimate of drug-likeness (QED) is 0.700. The molecular weight excluding hydrogens is 363 g/mol. The number of hydrogen-bond acceptors (Lipinski definition) is 1. The predicted octanol–water partition coefficient (Wildman–Crippen LogP) is 5.33. The first-order chi connectivity index (χ1) is 10.5. The van der Waals surface area contributed by atoms with Gasteiger partial charge in [-0.15, -0.1) is 0 Å². The summed E-state index contributed by atoms with van der Waals surface area (Å²) in [6.07, 6.45) is 0.884. The van der Waals surface area contributed by atoms with E-state index in [1.54, 1.807) is 12.1 Å². The highest BCUT2D eigenvalue weighted by Gasteiger charge is 2.13. The van der Waals surface area contributed by atoms with Crippen molar-refractivity contribution in [2.24, 2.45) is 0 Å². The second-order valence-corrected chi connectivity index (χ2v) is 6.36. The van der Waals surface area contributed by atoms with Gasteiger partial charge >= 0.3 is 0 Å². The van der Waals surface area contributed by atoms with E-state index >= 15 is 0 Å². The van der Waals surface area contributed by atoms with Crippen molar-refractivity contribution in [3.05, 3.63) is 63.9 Å². The maximum absolute atomic E-state index is 13.8.